The van der Waals surface area contributed by atoms with E-state index in [4.69, 9.17) is 13.9 Å². The summed E-state index contributed by atoms with van der Waals surface area (Å²) in [7, 11) is 1.50. The molecule has 0 aliphatic rings. The number of carboxylic acid groups (broad SMARTS) is 1. The number of aromatic hydroxyl groups is 1. The lowest BCUT2D eigenvalue weighted by Gasteiger charge is -2.17. The van der Waals surface area contributed by atoms with Crippen molar-refractivity contribution in [3.63, 3.8) is 0 Å². The fourth-order valence-electron chi connectivity index (χ4n) is 3.26. The molecule has 0 bridgehead atoms. The highest BCUT2D eigenvalue weighted by Crippen LogP contribution is 2.32. The van der Waals surface area contributed by atoms with Gasteiger partial charge in [0.15, 0.2) is 11.5 Å². The lowest BCUT2D eigenvalue weighted by atomic mass is 10.0. The van der Waals surface area contributed by atoms with Crippen LogP contribution in [0.5, 0.6) is 23.0 Å². The molecule has 0 amide bonds. The monoisotopic (exact) mass is 427 g/mol. The highest BCUT2D eigenvalue weighted by Gasteiger charge is 2.21. The van der Waals surface area contributed by atoms with Gasteiger partial charge in [0.25, 0.3) is 0 Å². The van der Waals surface area contributed by atoms with Crippen LogP contribution < -0.4 is 20.2 Å². The highest BCUT2D eigenvalue weighted by atomic mass is 16.5. The molecule has 1 aromatic heterocycles. The van der Waals surface area contributed by atoms with Crippen LogP contribution in [0.2, 0.25) is 0 Å². The van der Waals surface area contributed by atoms with E-state index in [2.05, 4.69) is 5.32 Å². The van der Waals surface area contributed by atoms with Gasteiger partial charge in [-0.25, -0.2) is 0 Å². The molecule has 1 unspecified atom stereocenters. The van der Waals surface area contributed by atoms with Crippen LogP contribution in [0, 0.1) is 5.92 Å². The van der Waals surface area contributed by atoms with Crippen molar-refractivity contribution >= 4 is 16.9 Å². The normalized spacial score (nSPS) is 12.1. The topological polar surface area (TPSA) is 118 Å². The number of carbonyl (C=O) groups is 1. The summed E-state index contributed by atoms with van der Waals surface area (Å²) in [4.78, 5) is 24.5. The van der Waals surface area contributed by atoms with Gasteiger partial charge in [-0.2, -0.15) is 0 Å². The number of aliphatic carboxylic acids is 1. The summed E-state index contributed by atoms with van der Waals surface area (Å²) in [6.45, 7) is 3.87. The minimum atomic E-state index is -0.984. The fourth-order valence-corrected chi connectivity index (χ4v) is 3.26. The van der Waals surface area contributed by atoms with Crippen LogP contribution in [0.15, 0.2) is 51.9 Å². The third kappa shape index (κ3) is 4.97. The number of phenolic OH excluding ortho intramolecular Hbond substituents is 1. The van der Waals surface area contributed by atoms with Crippen LogP contribution in [0.4, 0.5) is 0 Å². The Balaban J connectivity index is 1.94. The molecule has 3 rings (SSSR count). The first-order chi connectivity index (χ1) is 14.8. The third-order valence-corrected chi connectivity index (χ3v) is 4.81. The average molecular weight is 427 g/mol. The highest BCUT2D eigenvalue weighted by molar-refractivity contribution is 5.83. The zero-order chi connectivity index (χ0) is 22.5. The smallest absolute Gasteiger partial charge is 0.320 e. The molecule has 8 heteroatoms. The summed E-state index contributed by atoms with van der Waals surface area (Å²) < 4.78 is 16.6. The molecule has 0 radical (unpaired) electrons. The van der Waals surface area contributed by atoms with Gasteiger partial charge in [-0.1, -0.05) is 26.0 Å². The lowest BCUT2D eigenvalue weighted by molar-refractivity contribution is -0.140. The number of fused-ring (bicyclic) bond motifs is 1. The Bertz CT molecular complexity index is 1140. The number of phenols is 1. The molecule has 8 nitrogen and oxygen atoms in total. The second kappa shape index (κ2) is 9.53. The molecule has 0 fully saturated rings. The summed E-state index contributed by atoms with van der Waals surface area (Å²) >= 11 is 0. The van der Waals surface area contributed by atoms with Crippen LogP contribution in [-0.2, 0) is 11.3 Å². The van der Waals surface area contributed by atoms with Gasteiger partial charge in [-0.3, -0.25) is 9.59 Å². The first-order valence-corrected chi connectivity index (χ1v) is 9.85. The van der Waals surface area contributed by atoms with Crippen LogP contribution in [0.25, 0.3) is 11.0 Å². The van der Waals surface area contributed by atoms with Crippen LogP contribution >= 0.6 is 0 Å². The molecule has 31 heavy (non-hydrogen) atoms. The summed E-state index contributed by atoms with van der Waals surface area (Å²) in [5.41, 5.74) is 0.0392. The lowest BCUT2D eigenvalue weighted by Crippen LogP contribution is -2.37. The summed E-state index contributed by atoms with van der Waals surface area (Å²) in [6, 6.07) is 8.91. The number of rotatable bonds is 9. The number of para-hydroxylation sites is 2. The summed E-state index contributed by atoms with van der Waals surface area (Å²) in [6.07, 6.45) is 1.59. The largest absolute Gasteiger partial charge is 0.507 e. The van der Waals surface area contributed by atoms with Gasteiger partial charge in [-0.05, 0) is 36.6 Å². The van der Waals surface area contributed by atoms with Crippen molar-refractivity contribution in [2.75, 3.05) is 7.11 Å². The van der Waals surface area contributed by atoms with Crippen LogP contribution in [-0.4, -0.2) is 29.3 Å². The number of methoxy groups -OCH3 is 1. The second-order valence-corrected chi connectivity index (χ2v) is 7.52. The zero-order valence-electron chi connectivity index (χ0n) is 17.5. The van der Waals surface area contributed by atoms with Gasteiger partial charge in [0.05, 0.1) is 18.1 Å². The fraction of sp³-hybridized carbons (Fsp3) is 0.304. The first kappa shape index (κ1) is 22.2. The van der Waals surface area contributed by atoms with Crippen LogP contribution in [0.3, 0.4) is 0 Å². The number of carboxylic acids is 1. The van der Waals surface area contributed by atoms with Crippen LogP contribution in [0.1, 0.15) is 25.8 Å². The van der Waals surface area contributed by atoms with E-state index in [0.717, 1.165) is 0 Å². The van der Waals surface area contributed by atoms with Crippen molar-refractivity contribution in [1.29, 1.82) is 0 Å². The maximum atomic E-state index is 13.0. The van der Waals surface area contributed by atoms with Gasteiger partial charge in [-0.15, -0.1) is 0 Å². The Morgan fingerprint density at radius 1 is 1.13 bits per heavy atom. The SMILES string of the molecule is COc1ccccc1Oc1coc2c(CNC(CC(C)C)C(=O)O)c(O)ccc2c1=O. The molecule has 164 valence electrons. The van der Waals surface area contributed by atoms with E-state index in [1.807, 2.05) is 13.8 Å². The predicted molar refractivity (Wildman–Crippen MR) is 115 cm³/mol. The van der Waals surface area contributed by atoms with E-state index in [-0.39, 0.29) is 34.9 Å². The molecule has 0 aliphatic carbocycles. The molecule has 2 aromatic carbocycles. The van der Waals surface area contributed by atoms with E-state index in [9.17, 15) is 19.8 Å². The third-order valence-electron chi connectivity index (χ3n) is 4.81. The molecular weight excluding hydrogens is 402 g/mol. The van der Waals surface area contributed by atoms with E-state index in [1.54, 1.807) is 24.3 Å². The first-order valence-electron chi connectivity index (χ1n) is 9.85. The molecule has 0 spiro atoms. The van der Waals surface area contributed by atoms with Crippen molar-refractivity contribution in [2.24, 2.45) is 5.92 Å². The van der Waals surface area contributed by atoms with E-state index in [1.165, 1.54) is 25.5 Å². The molecule has 3 aromatic rings. The van der Waals surface area contributed by atoms with Crippen molar-refractivity contribution in [3.05, 3.63) is 58.4 Å². The summed E-state index contributed by atoms with van der Waals surface area (Å²) in [5, 5.41) is 22.9. The van der Waals surface area contributed by atoms with Crippen molar-refractivity contribution in [2.45, 2.75) is 32.9 Å². The minimum absolute atomic E-state index is 0.0164. The molecule has 1 atom stereocenters. The van der Waals surface area contributed by atoms with E-state index in [0.29, 0.717) is 23.5 Å². The summed E-state index contributed by atoms with van der Waals surface area (Å²) in [5.74, 6) is -0.137. The quantitative estimate of drug-likeness (QED) is 0.471. The zero-order valence-corrected chi connectivity index (χ0v) is 17.5. The number of hydrogen-bond donors (Lipinski definition) is 3. The van der Waals surface area contributed by atoms with Crippen molar-refractivity contribution in [3.8, 4) is 23.0 Å². The van der Waals surface area contributed by atoms with E-state index < -0.39 is 17.4 Å². The molecule has 1 heterocycles. The molecule has 3 N–H and O–H groups in total. The molecule has 0 aliphatic heterocycles. The average Bonchev–Trinajstić information content (AvgIpc) is 2.74. The standard InChI is InChI=1S/C23H25NO7/c1-13(2)10-16(23(27)28)24-11-15-17(25)9-8-14-21(26)20(12-30-22(14)15)31-19-7-5-4-6-18(19)29-3/h4-9,12-13,16,24-25H,10-11H2,1-3H3,(H,27,28). The number of hydrogen-bond acceptors (Lipinski definition) is 7. The van der Waals surface area contributed by atoms with Gasteiger partial charge in [0, 0.05) is 6.54 Å². The maximum Gasteiger partial charge on any atom is 0.320 e. The van der Waals surface area contributed by atoms with Crippen molar-refractivity contribution in [1.82, 2.24) is 5.32 Å². The molecular formula is C23H25NO7. The van der Waals surface area contributed by atoms with Gasteiger partial charge in [0.2, 0.25) is 11.2 Å². The Kier molecular flexibility index (Phi) is 6.81. The Morgan fingerprint density at radius 2 is 1.84 bits per heavy atom. The van der Waals surface area contributed by atoms with Gasteiger partial charge in [0.1, 0.15) is 23.6 Å². The molecule has 0 saturated heterocycles. The molecule has 0 saturated carbocycles. The number of ether oxygens (including phenoxy) is 2. The Morgan fingerprint density at radius 3 is 2.48 bits per heavy atom. The Hall–Kier alpha value is -3.52. The van der Waals surface area contributed by atoms with Gasteiger partial charge < -0.3 is 29.4 Å². The second-order valence-electron chi connectivity index (χ2n) is 7.52. The maximum absolute atomic E-state index is 13.0. The predicted octanol–water partition coefficient (Wildman–Crippen LogP) is 3.89. The van der Waals surface area contributed by atoms with Gasteiger partial charge >= 0.3 is 5.97 Å². The number of nitrogens with one attached hydrogen (secondary N) is 1. The Labute approximate surface area is 179 Å². The van der Waals surface area contributed by atoms with E-state index >= 15 is 0 Å². The number of benzene rings is 2. The minimum Gasteiger partial charge on any atom is -0.507 e. The van der Waals surface area contributed by atoms with Crippen molar-refractivity contribution < 1.29 is 28.9 Å².